The molecule has 1 aliphatic carbocycles. The van der Waals surface area contributed by atoms with Gasteiger partial charge in [-0.2, -0.15) is 4.98 Å². The molecule has 1 aliphatic rings. The van der Waals surface area contributed by atoms with Gasteiger partial charge in [-0.3, -0.25) is 4.79 Å². The molecule has 1 heterocycles. The van der Waals surface area contributed by atoms with Gasteiger partial charge in [-0.05, 0) is 25.3 Å². The SMILES string of the molecule is COC(=O)C1(c2nc(Cc3ccc(C)cc3)no2)CC1. The largest absolute Gasteiger partial charge is 0.468 e. The van der Waals surface area contributed by atoms with Crippen LogP contribution in [0.1, 0.15) is 35.7 Å². The Hall–Kier alpha value is -2.17. The summed E-state index contributed by atoms with van der Waals surface area (Å²) in [5.41, 5.74) is 1.64. The van der Waals surface area contributed by atoms with Gasteiger partial charge >= 0.3 is 5.97 Å². The zero-order valence-electron chi connectivity index (χ0n) is 11.5. The molecule has 0 radical (unpaired) electrons. The summed E-state index contributed by atoms with van der Waals surface area (Å²) in [6, 6.07) is 8.18. The molecular formula is C15H16N2O3. The van der Waals surface area contributed by atoms with E-state index in [0.29, 0.717) is 31.0 Å². The molecule has 1 saturated carbocycles. The molecule has 3 rings (SSSR count). The highest BCUT2D eigenvalue weighted by Gasteiger charge is 2.57. The van der Waals surface area contributed by atoms with Crippen LogP contribution in [0.4, 0.5) is 0 Å². The van der Waals surface area contributed by atoms with Crippen molar-refractivity contribution in [3.05, 3.63) is 47.1 Å². The molecular weight excluding hydrogens is 256 g/mol. The Balaban J connectivity index is 1.77. The molecule has 1 fully saturated rings. The number of benzene rings is 1. The summed E-state index contributed by atoms with van der Waals surface area (Å²) in [5, 5.41) is 3.96. The Kier molecular flexibility index (Phi) is 3.04. The van der Waals surface area contributed by atoms with Gasteiger partial charge in [0.25, 0.3) is 0 Å². The van der Waals surface area contributed by atoms with Crippen molar-refractivity contribution >= 4 is 5.97 Å². The Labute approximate surface area is 116 Å². The fourth-order valence-electron chi connectivity index (χ4n) is 2.23. The third-order valence-electron chi connectivity index (χ3n) is 3.69. The second kappa shape index (κ2) is 4.74. The average molecular weight is 272 g/mol. The van der Waals surface area contributed by atoms with E-state index in [1.54, 1.807) is 0 Å². The van der Waals surface area contributed by atoms with Crippen LogP contribution in [0, 0.1) is 6.92 Å². The summed E-state index contributed by atoms with van der Waals surface area (Å²) in [7, 11) is 1.38. The summed E-state index contributed by atoms with van der Waals surface area (Å²) < 4.78 is 10.1. The number of carbonyl (C=O) groups is 1. The number of aryl methyl sites for hydroxylation is 1. The van der Waals surface area contributed by atoms with E-state index in [2.05, 4.69) is 10.1 Å². The van der Waals surface area contributed by atoms with Crippen LogP contribution in [0.3, 0.4) is 0 Å². The number of esters is 1. The van der Waals surface area contributed by atoms with Crippen molar-refractivity contribution in [2.24, 2.45) is 0 Å². The maximum absolute atomic E-state index is 11.8. The molecule has 104 valence electrons. The lowest BCUT2D eigenvalue weighted by Crippen LogP contribution is -2.22. The van der Waals surface area contributed by atoms with E-state index in [0.717, 1.165) is 5.56 Å². The van der Waals surface area contributed by atoms with Crippen LogP contribution >= 0.6 is 0 Å². The minimum Gasteiger partial charge on any atom is -0.468 e. The van der Waals surface area contributed by atoms with Crippen LogP contribution in [0.15, 0.2) is 28.8 Å². The Morgan fingerprint density at radius 1 is 1.35 bits per heavy atom. The summed E-state index contributed by atoms with van der Waals surface area (Å²) >= 11 is 0. The second-order valence-corrected chi connectivity index (χ2v) is 5.25. The van der Waals surface area contributed by atoms with E-state index < -0.39 is 5.41 Å². The number of ether oxygens (including phenoxy) is 1. The zero-order chi connectivity index (χ0) is 14.2. The molecule has 5 nitrogen and oxygen atoms in total. The van der Waals surface area contributed by atoms with E-state index in [1.807, 2.05) is 31.2 Å². The minimum absolute atomic E-state index is 0.289. The molecule has 1 aromatic heterocycles. The first-order valence-electron chi connectivity index (χ1n) is 6.61. The Morgan fingerprint density at radius 3 is 2.65 bits per heavy atom. The van der Waals surface area contributed by atoms with E-state index in [-0.39, 0.29) is 5.97 Å². The first-order chi connectivity index (χ1) is 9.64. The highest BCUT2D eigenvalue weighted by molar-refractivity contribution is 5.85. The molecule has 0 spiro atoms. The van der Waals surface area contributed by atoms with Gasteiger partial charge < -0.3 is 9.26 Å². The second-order valence-electron chi connectivity index (χ2n) is 5.25. The predicted molar refractivity (Wildman–Crippen MR) is 71.2 cm³/mol. The number of methoxy groups -OCH3 is 1. The maximum Gasteiger partial charge on any atom is 0.321 e. The Morgan fingerprint density at radius 2 is 2.05 bits per heavy atom. The highest BCUT2D eigenvalue weighted by atomic mass is 16.5. The molecule has 0 aliphatic heterocycles. The lowest BCUT2D eigenvalue weighted by molar-refractivity contribution is -0.144. The van der Waals surface area contributed by atoms with Crippen LogP contribution in [-0.4, -0.2) is 23.2 Å². The summed E-state index contributed by atoms with van der Waals surface area (Å²) in [5.74, 6) is 0.688. The third kappa shape index (κ3) is 2.19. The molecule has 1 aromatic carbocycles. The Bertz CT molecular complexity index is 627. The average Bonchev–Trinajstić information content (AvgIpc) is 3.15. The zero-order valence-corrected chi connectivity index (χ0v) is 11.5. The van der Waals surface area contributed by atoms with Crippen molar-refractivity contribution in [3.63, 3.8) is 0 Å². The fourth-order valence-corrected chi connectivity index (χ4v) is 2.23. The van der Waals surface area contributed by atoms with Gasteiger partial charge in [0, 0.05) is 6.42 Å². The van der Waals surface area contributed by atoms with Crippen molar-refractivity contribution in [1.29, 1.82) is 0 Å². The van der Waals surface area contributed by atoms with E-state index >= 15 is 0 Å². The number of carbonyl (C=O) groups excluding carboxylic acids is 1. The molecule has 0 bridgehead atoms. The van der Waals surface area contributed by atoms with Crippen molar-refractivity contribution in [2.45, 2.75) is 31.6 Å². The van der Waals surface area contributed by atoms with Crippen LogP contribution in [-0.2, 0) is 21.4 Å². The first kappa shape index (κ1) is 12.8. The molecule has 0 amide bonds. The molecule has 5 heteroatoms. The molecule has 20 heavy (non-hydrogen) atoms. The number of nitrogens with zero attached hydrogens (tertiary/aromatic N) is 2. The van der Waals surface area contributed by atoms with Gasteiger partial charge in [0.15, 0.2) is 5.82 Å². The first-order valence-corrected chi connectivity index (χ1v) is 6.61. The maximum atomic E-state index is 11.8. The quantitative estimate of drug-likeness (QED) is 0.798. The number of hydrogen-bond donors (Lipinski definition) is 0. The molecule has 2 aromatic rings. The number of hydrogen-bond acceptors (Lipinski definition) is 5. The van der Waals surface area contributed by atoms with E-state index in [4.69, 9.17) is 9.26 Å². The van der Waals surface area contributed by atoms with Crippen molar-refractivity contribution in [1.82, 2.24) is 10.1 Å². The molecule has 0 N–H and O–H groups in total. The lowest BCUT2D eigenvalue weighted by atomic mass is 10.1. The highest BCUT2D eigenvalue weighted by Crippen LogP contribution is 2.48. The fraction of sp³-hybridized carbons (Fsp3) is 0.400. The van der Waals surface area contributed by atoms with Gasteiger partial charge in [-0.15, -0.1) is 0 Å². The standard InChI is InChI=1S/C15H16N2O3/c1-10-3-5-11(6-4-10)9-12-16-13(20-17-12)15(7-8-15)14(18)19-2/h3-6H,7-9H2,1-2H3. The predicted octanol–water partition coefficient (Wildman–Crippen LogP) is 2.17. The van der Waals surface area contributed by atoms with Crippen LogP contribution < -0.4 is 0 Å². The van der Waals surface area contributed by atoms with Crippen LogP contribution in [0.5, 0.6) is 0 Å². The summed E-state index contributed by atoms with van der Waals surface area (Å²) in [4.78, 5) is 16.1. The van der Waals surface area contributed by atoms with Gasteiger partial charge in [-0.25, -0.2) is 0 Å². The van der Waals surface area contributed by atoms with Gasteiger partial charge in [0.05, 0.1) is 7.11 Å². The lowest BCUT2D eigenvalue weighted by Gasteiger charge is -2.05. The monoisotopic (exact) mass is 272 g/mol. The van der Waals surface area contributed by atoms with Gasteiger partial charge in [0.2, 0.25) is 5.89 Å². The van der Waals surface area contributed by atoms with Crippen molar-refractivity contribution < 1.29 is 14.1 Å². The summed E-state index contributed by atoms with van der Waals surface area (Å²) in [6.07, 6.45) is 2.03. The van der Waals surface area contributed by atoms with E-state index in [1.165, 1.54) is 12.7 Å². The summed E-state index contributed by atoms with van der Waals surface area (Å²) in [6.45, 7) is 2.05. The van der Waals surface area contributed by atoms with E-state index in [9.17, 15) is 4.79 Å². The van der Waals surface area contributed by atoms with Gasteiger partial charge in [0.1, 0.15) is 5.41 Å². The molecule has 0 saturated heterocycles. The molecule has 0 unspecified atom stereocenters. The third-order valence-corrected chi connectivity index (χ3v) is 3.69. The molecule has 0 atom stereocenters. The normalized spacial score (nSPS) is 15.9. The minimum atomic E-state index is -0.687. The smallest absolute Gasteiger partial charge is 0.321 e. The van der Waals surface area contributed by atoms with Crippen LogP contribution in [0.25, 0.3) is 0 Å². The van der Waals surface area contributed by atoms with Gasteiger partial charge in [-0.1, -0.05) is 35.0 Å². The van der Waals surface area contributed by atoms with Crippen LogP contribution in [0.2, 0.25) is 0 Å². The topological polar surface area (TPSA) is 65.2 Å². The van der Waals surface area contributed by atoms with Crippen molar-refractivity contribution in [2.75, 3.05) is 7.11 Å². The number of aromatic nitrogens is 2. The van der Waals surface area contributed by atoms with Crippen molar-refractivity contribution in [3.8, 4) is 0 Å². The number of rotatable bonds is 4.